The van der Waals surface area contributed by atoms with Crippen LogP contribution < -0.4 is 5.73 Å². The van der Waals surface area contributed by atoms with E-state index in [-0.39, 0.29) is 0 Å². The van der Waals surface area contributed by atoms with Crippen LogP contribution in [0.3, 0.4) is 0 Å². The highest BCUT2D eigenvalue weighted by Crippen LogP contribution is 2.41. The summed E-state index contributed by atoms with van der Waals surface area (Å²) in [6.07, 6.45) is 3.57. The number of rotatable bonds is 2. The standard InChI is InChI=1S/C13H17Cl2NO/c14-11-4-3-10(6-12(11)15)13(17)5-1-2-9(7-13)8-16/h3-4,6,9,17H,1-2,5,7-8,16H2/t9-,13+/m1/s1. The topological polar surface area (TPSA) is 46.2 Å². The SMILES string of the molecule is NC[C@@H]1CCC[C@@](O)(c2ccc(Cl)c(Cl)c2)C1. The van der Waals surface area contributed by atoms with Gasteiger partial charge in [-0.15, -0.1) is 0 Å². The van der Waals surface area contributed by atoms with Crippen LogP contribution in [0.1, 0.15) is 31.2 Å². The molecule has 1 saturated carbocycles. The molecular weight excluding hydrogens is 257 g/mol. The highest BCUT2D eigenvalue weighted by Gasteiger charge is 2.35. The molecule has 1 fully saturated rings. The Bertz CT molecular complexity index is 410. The van der Waals surface area contributed by atoms with Crippen molar-refractivity contribution >= 4 is 23.2 Å². The molecule has 2 rings (SSSR count). The van der Waals surface area contributed by atoms with Crippen molar-refractivity contribution in [2.75, 3.05) is 6.54 Å². The molecule has 94 valence electrons. The van der Waals surface area contributed by atoms with Crippen LogP contribution >= 0.6 is 23.2 Å². The van der Waals surface area contributed by atoms with Gasteiger partial charge in [-0.3, -0.25) is 0 Å². The zero-order valence-corrected chi connectivity index (χ0v) is 11.1. The van der Waals surface area contributed by atoms with Crippen molar-refractivity contribution in [3.63, 3.8) is 0 Å². The molecule has 0 spiro atoms. The summed E-state index contributed by atoms with van der Waals surface area (Å²) in [5, 5.41) is 11.7. The molecule has 4 heteroatoms. The molecule has 0 saturated heterocycles. The van der Waals surface area contributed by atoms with Gasteiger partial charge in [0.05, 0.1) is 15.6 Å². The third kappa shape index (κ3) is 2.76. The lowest BCUT2D eigenvalue weighted by molar-refractivity contribution is -0.0195. The summed E-state index contributed by atoms with van der Waals surface area (Å²) in [7, 11) is 0. The molecule has 0 aliphatic heterocycles. The lowest BCUT2D eigenvalue weighted by Gasteiger charge is -2.37. The van der Waals surface area contributed by atoms with Crippen molar-refractivity contribution in [2.24, 2.45) is 11.7 Å². The Morgan fingerprint density at radius 3 is 2.76 bits per heavy atom. The molecule has 1 aliphatic rings. The Balaban J connectivity index is 2.27. The largest absolute Gasteiger partial charge is 0.385 e. The van der Waals surface area contributed by atoms with Crippen molar-refractivity contribution < 1.29 is 5.11 Å². The molecule has 1 aromatic rings. The number of nitrogens with two attached hydrogens (primary N) is 1. The van der Waals surface area contributed by atoms with Gasteiger partial charge in [0.2, 0.25) is 0 Å². The fourth-order valence-corrected chi connectivity index (χ4v) is 2.91. The van der Waals surface area contributed by atoms with E-state index in [0.29, 0.717) is 28.9 Å². The van der Waals surface area contributed by atoms with Crippen molar-refractivity contribution in [2.45, 2.75) is 31.3 Å². The van der Waals surface area contributed by atoms with Crippen LogP contribution in [-0.4, -0.2) is 11.7 Å². The molecule has 0 heterocycles. The normalized spacial score (nSPS) is 29.3. The summed E-state index contributed by atoms with van der Waals surface area (Å²) in [5.41, 5.74) is 5.75. The van der Waals surface area contributed by atoms with E-state index in [0.717, 1.165) is 24.8 Å². The first-order chi connectivity index (χ1) is 8.05. The van der Waals surface area contributed by atoms with E-state index in [4.69, 9.17) is 28.9 Å². The average molecular weight is 274 g/mol. The van der Waals surface area contributed by atoms with Gasteiger partial charge in [0.1, 0.15) is 0 Å². The van der Waals surface area contributed by atoms with Crippen LogP contribution in [0.5, 0.6) is 0 Å². The number of hydrogen-bond acceptors (Lipinski definition) is 2. The molecule has 2 atom stereocenters. The molecule has 0 aromatic heterocycles. The first-order valence-electron chi connectivity index (χ1n) is 5.93. The number of hydrogen-bond donors (Lipinski definition) is 2. The molecule has 0 radical (unpaired) electrons. The molecule has 1 aromatic carbocycles. The van der Waals surface area contributed by atoms with E-state index in [1.165, 1.54) is 0 Å². The van der Waals surface area contributed by atoms with Crippen LogP contribution in [-0.2, 0) is 5.60 Å². The van der Waals surface area contributed by atoms with Gasteiger partial charge in [-0.1, -0.05) is 29.3 Å². The second-order valence-corrected chi connectivity index (χ2v) is 5.67. The second kappa shape index (κ2) is 5.15. The Morgan fingerprint density at radius 1 is 1.35 bits per heavy atom. The predicted octanol–water partition coefficient (Wildman–Crippen LogP) is 3.33. The van der Waals surface area contributed by atoms with Gasteiger partial charge in [0.25, 0.3) is 0 Å². The summed E-state index contributed by atoms with van der Waals surface area (Å²) >= 11 is 11.9. The van der Waals surface area contributed by atoms with E-state index in [1.54, 1.807) is 12.1 Å². The maximum absolute atomic E-state index is 10.7. The monoisotopic (exact) mass is 273 g/mol. The fourth-order valence-electron chi connectivity index (χ4n) is 2.61. The molecule has 0 amide bonds. The van der Waals surface area contributed by atoms with E-state index >= 15 is 0 Å². The number of halogens is 2. The molecule has 1 aliphatic carbocycles. The molecule has 0 bridgehead atoms. The smallest absolute Gasteiger partial charge is 0.0900 e. The molecular formula is C13H17Cl2NO. The summed E-state index contributed by atoms with van der Waals surface area (Å²) < 4.78 is 0. The van der Waals surface area contributed by atoms with Crippen LogP contribution in [0.4, 0.5) is 0 Å². The van der Waals surface area contributed by atoms with Crippen LogP contribution in [0.2, 0.25) is 10.0 Å². The summed E-state index contributed by atoms with van der Waals surface area (Å²) in [4.78, 5) is 0. The van der Waals surface area contributed by atoms with Gasteiger partial charge in [0, 0.05) is 0 Å². The molecule has 2 nitrogen and oxygen atoms in total. The van der Waals surface area contributed by atoms with Crippen molar-refractivity contribution in [3.05, 3.63) is 33.8 Å². The zero-order valence-electron chi connectivity index (χ0n) is 9.63. The predicted molar refractivity (Wildman–Crippen MR) is 71.4 cm³/mol. The fraction of sp³-hybridized carbons (Fsp3) is 0.538. The van der Waals surface area contributed by atoms with Crippen molar-refractivity contribution in [1.29, 1.82) is 0 Å². The maximum Gasteiger partial charge on any atom is 0.0900 e. The second-order valence-electron chi connectivity index (χ2n) is 4.86. The lowest BCUT2D eigenvalue weighted by atomic mass is 9.74. The first-order valence-corrected chi connectivity index (χ1v) is 6.69. The number of benzene rings is 1. The Morgan fingerprint density at radius 2 is 2.12 bits per heavy atom. The molecule has 17 heavy (non-hydrogen) atoms. The van der Waals surface area contributed by atoms with Crippen LogP contribution in [0, 0.1) is 5.92 Å². The van der Waals surface area contributed by atoms with Crippen LogP contribution in [0.25, 0.3) is 0 Å². The van der Waals surface area contributed by atoms with Gasteiger partial charge in [0.15, 0.2) is 0 Å². The summed E-state index contributed by atoms with van der Waals surface area (Å²) in [5.74, 6) is 0.392. The zero-order chi connectivity index (χ0) is 12.5. The maximum atomic E-state index is 10.7. The minimum absolute atomic E-state index is 0.392. The van der Waals surface area contributed by atoms with E-state index in [1.807, 2.05) is 6.07 Å². The summed E-state index contributed by atoms with van der Waals surface area (Å²) in [6, 6.07) is 5.36. The minimum atomic E-state index is -0.795. The highest BCUT2D eigenvalue weighted by molar-refractivity contribution is 6.42. The third-order valence-electron chi connectivity index (χ3n) is 3.62. The Kier molecular flexibility index (Phi) is 3.99. The highest BCUT2D eigenvalue weighted by atomic mass is 35.5. The first kappa shape index (κ1) is 13.2. The number of aliphatic hydroxyl groups is 1. The Labute approximate surface area is 112 Å². The van der Waals surface area contributed by atoms with E-state index in [2.05, 4.69) is 0 Å². The molecule has 3 N–H and O–H groups in total. The quantitative estimate of drug-likeness (QED) is 0.868. The van der Waals surface area contributed by atoms with E-state index in [9.17, 15) is 5.11 Å². The Hall–Kier alpha value is -0.280. The van der Waals surface area contributed by atoms with Gasteiger partial charge in [-0.2, -0.15) is 0 Å². The van der Waals surface area contributed by atoms with Gasteiger partial charge < -0.3 is 10.8 Å². The van der Waals surface area contributed by atoms with Crippen molar-refractivity contribution in [1.82, 2.24) is 0 Å². The summed E-state index contributed by atoms with van der Waals surface area (Å²) in [6.45, 7) is 0.629. The minimum Gasteiger partial charge on any atom is -0.385 e. The van der Waals surface area contributed by atoms with Gasteiger partial charge >= 0.3 is 0 Å². The average Bonchev–Trinajstić information content (AvgIpc) is 2.32. The molecule has 0 unspecified atom stereocenters. The van der Waals surface area contributed by atoms with Gasteiger partial charge in [-0.05, 0) is 55.8 Å². The lowest BCUT2D eigenvalue weighted by Crippen LogP contribution is -2.35. The van der Waals surface area contributed by atoms with E-state index < -0.39 is 5.60 Å². The third-order valence-corrected chi connectivity index (χ3v) is 4.36. The van der Waals surface area contributed by atoms with Crippen molar-refractivity contribution in [3.8, 4) is 0 Å². The van der Waals surface area contributed by atoms with Gasteiger partial charge in [-0.25, -0.2) is 0 Å². The van der Waals surface area contributed by atoms with Crippen LogP contribution in [0.15, 0.2) is 18.2 Å².